The van der Waals surface area contributed by atoms with Crippen LogP contribution >= 0.6 is 0 Å². The Hall–Kier alpha value is -0.610. The van der Waals surface area contributed by atoms with Crippen LogP contribution in [0.4, 0.5) is 0 Å². The van der Waals surface area contributed by atoms with Crippen LogP contribution in [0, 0.1) is 11.8 Å². The van der Waals surface area contributed by atoms with Crippen molar-refractivity contribution in [2.75, 3.05) is 19.8 Å². The fourth-order valence-electron chi connectivity index (χ4n) is 2.18. The highest BCUT2D eigenvalue weighted by molar-refractivity contribution is 5.69. The third-order valence-electron chi connectivity index (χ3n) is 3.39. The van der Waals surface area contributed by atoms with E-state index in [1.807, 2.05) is 0 Å². The highest BCUT2D eigenvalue weighted by Crippen LogP contribution is 2.21. The second-order valence-electron chi connectivity index (χ2n) is 5.10. The van der Waals surface area contributed by atoms with Gasteiger partial charge in [0.25, 0.3) is 0 Å². The van der Waals surface area contributed by atoms with Crippen molar-refractivity contribution in [2.45, 2.75) is 45.6 Å². The first-order chi connectivity index (χ1) is 8.13. The van der Waals surface area contributed by atoms with Gasteiger partial charge in [0.05, 0.1) is 13.2 Å². The molecule has 0 amide bonds. The highest BCUT2D eigenvalue weighted by atomic mass is 16.6. The van der Waals surface area contributed by atoms with Gasteiger partial charge in [-0.05, 0) is 31.2 Å². The Balaban J connectivity index is 2.20. The second-order valence-corrected chi connectivity index (χ2v) is 5.10. The minimum Gasteiger partial charge on any atom is -0.460 e. The van der Waals surface area contributed by atoms with Gasteiger partial charge in [-0.3, -0.25) is 4.79 Å². The molecule has 0 bridgehead atoms. The van der Waals surface area contributed by atoms with Crippen molar-refractivity contribution in [3.05, 3.63) is 0 Å². The smallest absolute Gasteiger partial charge is 0.306 e. The van der Waals surface area contributed by atoms with Crippen molar-refractivity contribution in [1.29, 1.82) is 0 Å². The van der Waals surface area contributed by atoms with E-state index in [9.17, 15) is 4.79 Å². The van der Waals surface area contributed by atoms with Crippen LogP contribution in [0.5, 0.6) is 0 Å². The molecule has 1 rings (SSSR count). The average Bonchev–Trinajstić information content (AvgIpc) is 2.76. The molecule has 4 heteroatoms. The largest absolute Gasteiger partial charge is 0.460 e. The van der Waals surface area contributed by atoms with Crippen molar-refractivity contribution < 1.29 is 14.3 Å². The number of esters is 1. The Morgan fingerprint density at radius 2 is 2.24 bits per heavy atom. The first-order valence-corrected chi connectivity index (χ1v) is 6.60. The molecular formula is C13H25NO3. The lowest BCUT2D eigenvalue weighted by molar-refractivity contribution is -0.149. The number of nitrogens with two attached hydrogens (primary N) is 1. The maximum Gasteiger partial charge on any atom is 0.306 e. The minimum atomic E-state index is -0.0943. The molecule has 2 unspecified atom stereocenters. The maximum absolute atomic E-state index is 11.6. The monoisotopic (exact) mass is 243 g/mol. The van der Waals surface area contributed by atoms with E-state index in [4.69, 9.17) is 15.2 Å². The Labute approximate surface area is 104 Å². The van der Waals surface area contributed by atoms with Gasteiger partial charge in [0, 0.05) is 12.8 Å². The molecule has 1 fully saturated rings. The summed E-state index contributed by atoms with van der Waals surface area (Å²) in [6.45, 7) is 6.31. The molecule has 17 heavy (non-hydrogen) atoms. The Morgan fingerprint density at radius 3 is 2.76 bits per heavy atom. The normalized spacial score (nSPS) is 21.8. The average molecular weight is 243 g/mol. The number of hydrogen-bond acceptors (Lipinski definition) is 4. The summed E-state index contributed by atoms with van der Waals surface area (Å²) >= 11 is 0. The van der Waals surface area contributed by atoms with Crippen molar-refractivity contribution >= 4 is 5.97 Å². The fourth-order valence-corrected chi connectivity index (χ4v) is 2.18. The lowest BCUT2D eigenvalue weighted by Crippen LogP contribution is -2.20. The van der Waals surface area contributed by atoms with Crippen LogP contribution < -0.4 is 5.73 Å². The van der Waals surface area contributed by atoms with Gasteiger partial charge in [0.1, 0.15) is 6.10 Å². The molecule has 0 aliphatic carbocycles. The molecule has 4 nitrogen and oxygen atoms in total. The van der Waals surface area contributed by atoms with E-state index < -0.39 is 0 Å². The van der Waals surface area contributed by atoms with Crippen molar-refractivity contribution in [3.63, 3.8) is 0 Å². The van der Waals surface area contributed by atoms with Gasteiger partial charge in [-0.15, -0.1) is 0 Å². The van der Waals surface area contributed by atoms with Crippen LogP contribution in [0.1, 0.15) is 39.5 Å². The Kier molecular flexibility index (Phi) is 6.52. The summed E-state index contributed by atoms with van der Waals surface area (Å²) in [5.74, 6) is 0.997. The molecule has 0 saturated carbocycles. The molecule has 0 aromatic rings. The molecule has 0 aromatic carbocycles. The van der Waals surface area contributed by atoms with Gasteiger partial charge in [-0.25, -0.2) is 0 Å². The molecular weight excluding hydrogens is 218 g/mol. The Bertz CT molecular complexity index is 225. The zero-order valence-corrected chi connectivity index (χ0v) is 11.0. The van der Waals surface area contributed by atoms with Gasteiger partial charge >= 0.3 is 5.97 Å². The highest BCUT2D eigenvalue weighted by Gasteiger charge is 2.21. The molecule has 1 aliphatic rings. The van der Waals surface area contributed by atoms with Crippen LogP contribution in [0.15, 0.2) is 0 Å². The van der Waals surface area contributed by atoms with E-state index in [1.165, 1.54) is 0 Å². The van der Waals surface area contributed by atoms with E-state index in [0.717, 1.165) is 19.3 Å². The third-order valence-corrected chi connectivity index (χ3v) is 3.39. The SMILES string of the molecule is CC(C)C(CCN)CCC(=O)OC1CCOC1. The van der Waals surface area contributed by atoms with Crippen molar-refractivity contribution in [3.8, 4) is 0 Å². The molecule has 2 N–H and O–H groups in total. The van der Waals surface area contributed by atoms with Crippen LogP contribution in [-0.4, -0.2) is 31.8 Å². The second kappa shape index (κ2) is 7.67. The summed E-state index contributed by atoms with van der Waals surface area (Å²) in [4.78, 5) is 11.6. The molecule has 1 saturated heterocycles. The van der Waals surface area contributed by atoms with Crippen LogP contribution in [0.2, 0.25) is 0 Å². The third kappa shape index (κ3) is 5.50. The number of ether oxygens (including phenoxy) is 2. The van der Waals surface area contributed by atoms with E-state index in [-0.39, 0.29) is 12.1 Å². The van der Waals surface area contributed by atoms with E-state index >= 15 is 0 Å². The number of hydrogen-bond donors (Lipinski definition) is 1. The number of rotatable bonds is 7. The van der Waals surface area contributed by atoms with Crippen molar-refractivity contribution in [1.82, 2.24) is 0 Å². The fraction of sp³-hybridized carbons (Fsp3) is 0.923. The number of carbonyl (C=O) groups excluding carboxylic acids is 1. The summed E-state index contributed by atoms with van der Waals surface area (Å²) in [5, 5.41) is 0. The van der Waals surface area contributed by atoms with Gasteiger partial charge in [-0.1, -0.05) is 13.8 Å². The van der Waals surface area contributed by atoms with Gasteiger partial charge < -0.3 is 15.2 Å². The zero-order chi connectivity index (χ0) is 12.7. The summed E-state index contributed by atoms with van der Waals surface area (Å²) in [6, 6.07) is 0. The maximum atomic E-state index is 11.6. The van der Waals surface area contributed by atoms with Gasteiger partial charge in [0.15, 0.2) is 0 Å². The molecule has 0 radical (unpaired) electrons. The first-order valence-electron chi connectivity index (χ1n) is 6.60. The van der Waals surface area contributed by atoms with Crippen LogP contribution in [0.25, 0.3) is 0 Å². The number of carbonyl (C=O) groups is 1. The van der Waals surface area contributed by atoms with Gasteiger partial charge in [-0.2, -0.15) is 0 Å². The quantitative estimate of drug-likeness (QED) is 0.692. The Morgan fingerprint density at radius 1 is 1.47 bits per heavy atom. The van der Waals surface area contributed by atoms with Crippen LogP contribution in [-0.2, 0) is 14.3 Å². The summed E-state index contributed by atoms with van der Waals surface area (Å²) in [5.41, 5.74) is 5.57. The van der Waals surface area contributed by atoms with Crippen LogP contribution in [0.3, 0.4) is 0 Å². The molecule has 1 aliphatic heterocycles. The lowest BCUT2D eigenvalue weighted by atomic mass is 9.88. The molecule has 1 heterocycles. The minimum absolute atomic E-state index is 0.0190. The summed E-state index contributed by atoms with van der Waals surface area (Å²) in [7, 11) is 0. The van der Waals surface area contributed by atoms with E-state index in [0.29, 0.717) is 38.0 Å². The molecule has 100 valence electrons. The summed E-state index contributed by atoms with van der Waals surface area (Å²) in [6.07, 6.45) is 3.18. The standard InChI is InChI=1S/C13H25NO3/c1-10(2)11(5-7-14)3-4-13(15)17-12-6-8-16-9-12/h10-12H,3-9,14H2,1-2H3. The zero-order valence-electron chi connectivity index (χ0n) is 11.0. The topological polar surface area (TPSA) is 61.6 Å². The molecule has 2 atom stereocenters. The summed E-state index contributed by atoms with van der Waals surface area (Å²) < 4.78 is 10.5. The molecule has 0 aromatic heterocycles. The van der Waals surface area contributed by atoms with E-state index in [1.54, 1.807) is 0 Å². The van der Waals surface area contributed by atoms with E-state index in [2.05, 4.69) is 13.8 Å². The van der Waals surface area contributed by atoms with Gasteiger partial charge in [0.2, 0.25) is 0 Å². The first kappa shape index (κ1) is 14.5. The predicted molar refractivity (Wildman–Crippen MR) is 66.5 cm³/mol. The lowest BCUT2D eigenvalue weighted by Gasteiger charge is -2.20. The van der Waals surface area contributed by atoms with Crippen molar-refractivity contribution in [2.24, 2.45) is 17.6 Å². The molecule has 0 spiro atoms. The predicted octanol–water partition coefficient (Wildman–Crippen LogP) is 1.72.